The zero-order valence-corrected chi connectivity index (χ0v) is 18.0. The Morgan fingerprint density at radius 1 is 1.26 bits per heavy atom. The molecule has 2 aliphatic heterocycles. The summed E-state index contributed by atoms with van der Waals surface area (Å²) in [6.07, 6.45) is 12.2. The van der Waals surface area contributed by atoms with E-state index in [4.69, 9.17) is 9.84 Å². The van der Waals surface area contributed by atoms with Crippen molar-refractivity contribution in [2.24, 2.45) is 17.3 Å². The van der Waals surface area contributed by atoms with Crippen molar-refractivity contribution in [3.63, 3.8) is 0 Å². The van der Waals surface area contributed by atoms with Gasteiger partial charge in [0.2, 0.25) is 0 Å². The maximum atomic E-state index is 10.7. The van der Waals surface area contributed by atoms with Crippen LogP contribution < -0.4 is 0 Å². The SMILES string of the molecule is CCCCC(C)(C)C(O)/C=C/[C@H]1[C@@H](CSCCCCC(=O)O)[C@H]2CC[C@@H]1O2. The number of carboxylic acids is 1. The van der Waals surface area contributed by atoms with Crippen LogP contribution in [0.1, 0.15) is 72.1 Å². The van der Waals surface area contributed by atoms with Gasteiger partial charge in [-0.05, 0) is 49.0 Å². The van der Waals surface area contributed by atoms with Gasteiger partial charge in [-0.2, -0.15) is 11.8 Å². The van der Waals surface area contributed by atoms with Crippen LogP contribution in [0.15, 0.2) is 12.2 Å². The summed E-state index contributed by atoms with van der Waals surface area (Å²) in [5.74, 6) is 2.32. The average molecular weight is 399 g/mol. The minimum Gasteiger partial charge on any atom is -0.481 e. The maximum Gasteiger partial charge on any atom is 0.303 e. The van der Waals surface area contributed by atoms with Crippen LogP contribution in [-0.2, 0) is 9.53 Å². The van der Waals surface area contributed by atoms with Gasteiger partial charge in [0.1, 0.15) is 0 Å². The fraction of sp³-hybridized carbons (Fsp3) is 0.864. The molecular weight excluding hydrogens is 360 g/mol. The Morgan fingerprint density at radius 3 is 2.70 bits per heavy atom. The van der Waals surface area contributed by atoms with Gasteiger partial charge in [-0.3, -0.25) is 4.79 Å². The fourth-order valence-corrected chi connectivity index (χ4v) is 5.55. The Bertz CT molecular complexity index is 491. The summed E-state index contributed by atoms with van der Waals surface area (Å²) in [5.41, 5.74) is -0.0840. The third-order valence-electron chi connectivity index (χ3n) is 6.22. The molecule has 0 spiro atoms. The van der Waals surface area contributed by atoms with E-state index in [9.17, 15) is 9.90 Å². The average Bonchev–Trinajstić information content (AvgIpc) is 3.22. The summed E-state index contributed by atoms with van der Waals surface area (Å²) in [7, 11) is 0. The maximum absolute atomic E-state index is 10.7. The number of fused-ring (bicyclic) bond motifs is 2. The number of thioether (sulfide) groups is 1. The Labute approximate surface area is 169 Å². The summed E-state index contributed by atoms with van der Waals surface area (Å²) in [4.78, 5) is 10.6. The van der Waals surface area contributed by atoms with E-state index in [0.29, 0.717) is 24.0 Å². The minimum absolute atomic E-state index is 0.0840. The zero-order chi connectivity index (χ0) is 19.9. The quantitative estimate of drug-likeness (QED) is 0.341. The first kappa shape index (κ1) is 22.8. The van der Waals surface area contributed by atoms with Gasteiger partial charge in [0.05, 0.1) is 18.3 Å². The number of ether oxygens (including phenoxy) is 1. The van der Waals surface area contributed by atoms with Crippen molar-refractivity contribution in [3.8, 4) is 0 Å². The largest absolute Gasteiger partial charge is 0.481 e. The molecule has 156 valence electrons. The van der Waals surface area contributed by atoms with Crippen LogP contribution in [0.2, 0.25) is 0 Å². The van der Waals surface area contributed by atoms with Gasteiger partial charge >= 0.3 is 5.97 Å². The predicted octanol–water partition coefficient (Wildman–Crippen LogP) is 4.90. The Balaban J connectivity index is 1.82. The molecule has 5 heteroatoms. The highest BCUT2D eigenvalue weighted by Crippen LogP contribution is 2.45. The highest BCUT2D eigenvalue weighted by atomic mass is 32.2. The van der Waals surface area contributed by atoms with E-state index in [1.54, 1.807) is 0 Å². The molecule has 5 atom stereocenters. The lowest BCUT2D eigenvalue weighted by Crippen LogP contribution is -2.30. The van der Waals surface area contributed by atoms with Crippen LogP contribution in [0.3, 0.4) is 0 Å². The Morgan fingerprint density at radius 2 is 2.00 bits per heavy atom. The molecule has 0 amide bonds. The lowest BCUT2D eigenvalue weighted by Gasteiger charge is -2.30. The van der Waals surface area contributed by atoms with Gasteiger partial charge in [0, 0.05) is 18.3 Å². The molecule has 0 aromatic heterocycles. The van der Waals surface area contributed by atoms with Gasteiger partial charge in [0.25, 0.3) is 0 Å². The van der Waals surface area contributed by atoms with E-state index < -0.39 is 12.1 Å². The van der Waals surface area contributed by atoms with E-state index in [0.717, 1.165) is 56.5 Å². The number of aliphatic hydroxyl groups excluding tert-OH is 1. The normalized spacial score (nSPS) is 28.9. The van der Waals surface area contributed by atoms with Crippen molar-refractivity contribution in [1.29, 1.82) is 0 Å². The molecule has 4 nitrogen and oxygen atoms in total. The molecule has 0 saturated carbocycles. The molecule has 0 aromatic rings. The highest BCUT2D eigenvalue weighted by Gasteiger charge is 2.47. The lowest BCUT2D eigenvalue weighted by molar-refractivity contribution is -0.137. The van der Waals surface area contributed by atoms with Crippen LogP contribution in [0.25, 0.3) is 0 Å². The molecule has 2 saturated heterocycles. The summed E-state index contributed by atoms with van der Waals surface area (Å²) in [5, 5.41) is 19.4. The fourth-order valence-electron chi connectivity index (χ4n) is 4.27. The first-order chi connectivity index (χ1) is 12.8. The number of unbranched alkanes of at least 4 members (excludes halogenated alkanes) is 2. The van der Waals surface area contributed by atoms with Crippen LogP contribution >= 0.6 is 11.8 Å². The van der Waals surface area contributed by atoms with Crippen LogP contribution in [0, 0.1) is 17.3 Å². The van der Waals surface area contributed by atoms with Gasteiger partial charge in [-0.15, -0.1) is 0 Å². The van der Waals surface area contributed by atoms with Crippen LogP contribution in [0.4, 0.5) is 0 Å². The van der Waals surface area contributed by atoms with Gasteiger partial charge < -0.3 is 14.9 Å². The van der Waals surface area contributed by atoms with Crippen molar-refractivity contribution >= 4 is 17.7 Å². The first-order valence-corrected chi connectivity index (χ1v) is 11.8. The zero-order valence-electron chi connectivity index (χ0n) is 17.2. The number of rotatable bonds is 13. The molecule has 0 aromatic carbocycles. The summed E-state index contributed by atoms with van der Waals surface area (Å²) in [6, 6.07) is 0. The monoisotopic (exact) mass is 398 g/mol. The summed E-state index contributed by atoms with van der Waals surface area (Å²) >= 11 is 1.93. The van der Waals surface area contributed by atoms with Crippen molar-refractivity contribution < 1.29 is 19.7 Å². The smallest absolute Gasteiger partial charge is 0.303 e. The van der Waals surface area contributed by atoms with Crippen molar-refractivity contribution in [2.75, 3.05) is 11.5 Å². The predicted molar refractivity (Wildman–Crippen MR) is 112 cm³/mol. The molecule has 2 N–H and O–H groups in total. The highest BCUT2D eigenvalue weighted by molar-refractivity contribution is 7.99. The summed E-state index contributed by atoms with van der Waals surface area (Å²) < 4.78 is 6.17. The number of carbonyl (C=O) groups is 1. The molecule has 2 aliphatic rings. The molecule has 1 unspecified atom stereocenters. The van der Waals surface area contributed by atoms with Crippen molar-refractivity contribution in [3.05, 3.63) is 12.2 Å². The number of aliphatic hydroxyl groups is 1. The molecule has 0 aliphatic carbocycles. The van der Waals surface area contributed by atoms with E-state index in [-0.39, 0.29) is 11.8 Å². The lowest BCUT2D eigenvalue weighted by atomic mass is 9.78. The summed E-state index contributed by atoms with van der Waals surface area (Å²) in [6.45, 7) is 6.49. The molecule has 27 heavy (non-hydrogen) atoms. The Kier molecular flexibility index (Phi) is 9.17. The number of aliphatic carboxylic acids is 1. The van der Waals surface area contributed by atoms with Crippen LogP contribution in [-0.4, -0.2) is 46.0 Å². The second-order valence-electron chi connectivity index (χ2n) is 8.88. The molecule has 2 rings (SSSR count). The number of hydrogen-bond acceptors (Lipinski definition) is 4. The third-order valence-corrected chi connectivity index (χ3v) is 7.42. The minimum atomic E-state index is -0.702. The van der Waals surface area contributed by atoms with Crippen molar-refractivity contribution in [1.82, 2.24) is 0 Å². The standard InChI is InChI=1S/C22H38O4S/c1-4-5-13-22(2,3)20(23)12-9-16-17(19-11-10-18(16)26-19)15-27-14-7-6-8-21(24)25/h9,12,16-20,23H,4-8,10-11,13-15H2,1-3H3,(H,24,25)/b12-9+/t16-,17+,18-,19+,20?/m0/s1. The Hall–Kier alpha value is -0.520. The van der Waals surface area contributed by atoms with Gasteiger partial charge in [0.15, 0.2) is 0 Å². The molecule has 2 heterocycles. The third kappa shape index (κ3) is 6.79. The van der Waals surface area contributed by atoms with E-state index in [2.05, 4.69) is 26.8 Å². The molecular formula is C22H38O4S. The van der Waals surface area contributed by atoms with E-state index in [1.807, 2.05) is 17.8 Å². The number of carboxylic acid groups (broad SMARTS) is 1. The second kappa shape index (κ2) is 10.9. The van der Waals surface area contributed by atoms with E-state index in [1.165, 1.54) is 0 Å². The van der Waals surface area contributed by atoms with Crippen molar-refractivity contribution in [2.45, 2.75) is 90.4 Å². The molecule has 0 radical (unpaired) electrons. The molecule has 2 fully saturated rings. The first-order valence-electron chi connectivity index (χ1n) is 10.7. The van der Waals surface area contributed by atoms with Crippen LogP contribution in [0.5, 0.6) is 0 Å². The second-order valence-corrected chi connectivity index (χ2v) is 10.0. The van der Waals surface area contributed by atoms with Gasteiger partial charge in [-0.1, -0.05) is 45.8 Å². The number of hydrogen-bond donors (Lipinski definition) is 2. The molecule has 2 bridgehead atoms. The van der Waals surface area contributed by atoms with Gasteiger partial charge in [-0.25, -0.2) is 0 Å². The van der Waals surface area contributed by atoms with E-state index >= 15 is 0 Å². The topological polar surface area (TPSA) is 66.8 Å².